The lowest BCUT2D eigenvalue weighted by Crippen LogP contribution is -2.28. The molecule has 0 bridgehead atoms. The third-order valence-electron chi connectivity index (χ3n) is 1.55. The lowest BCUT2D eigenvalue weighted by atomic mass is 10.3. The molecule has 0 spiro atoms. The molecule has 0 saturated carbocycles. The number of rotatable bonds is 4. The summed E-state index contributed by atoms with van der Waals surface area (Å²) in [5.74, 6) is 0. The summed E-state index contributed by atoms with van der Waals surface area (Å²) < 4.78 is 0. The highest BCUT2D eigenvalue weighted by Crippen LogP contribution is 1.90. The number of hydrogen-bond donors (Lipinski definition) is 2. The van der Waals surface area contributed by atoms with Crippen LogP contribution < -0.4 is 5.32 Å². The predicted octanol–water partition coefficient (Wildman–Crippen LogP) is -0.0530. The molecule has 12 heavy (non-hydrogen) atoms. The third-order valence-corrected chi connectivity index (χ3v) is 1.55. The smallest absolute Gasteiger partial charge is 0.115 e. The molecule has 66 valence electrons. The normalized spacial score (nSPS) is 12.8. The van der Waals surface area contributed by atoms with E-state index in [2.05, 4.69) is 15.3 Å². The molecule has 1 aromatic rings. The first-order valence-corrected chi connectivity index (χ1v) is 3.92. The summed E-state index contributed by atoms with van der Waals surface area (Å²) in [5, 5.41) is 11.8. The van der Waals surface area contributed by atoms with Crippen LogP contribution in [0, 0.1) is 0 Å². The molecule has 0 aliphatic carbocycles. The van der Waals surface area contributed by atoms with Gasteiger partial charge in [0, 0.05) is 18.8 Å². The molecule has 0 aliphatic heterocycles. The zero-order valence-electron chi connectivity index (χ0n) is 7.07. The van der Waals surface area contributed by atoms with Crippen LogP contribution in [0.15, 0.2) is 18.6 Å². The predicted molar refractivity (Wildman–Crippen MR) is 45.4 cm³/mol. The Morgan fingerprint density at radius 1 is 1.67 bits per heavy atom. The molecule has 0 aromatic carbocycles. The Balaban J connectivity index is 2.33. The summed E-state index contributed by atoms with van der Waals surface area (Å²) >= 11 is 0. The van der Waals surface area contributed by atoms with E-state index in [0.29, 0.717) is 6.54 Å². The van der Waals surface area contributed by atoms with Gasteiger partial charge in [-0.15, -0.1) is 0 Å². The number of nitrogens with one attached hydrogen (secondary N) is 1. The quantitative estimate of drug-likeness (QED) is 0.660. The van der Waals surface area contributed by atoms with Gasteiger partial charge in [0.05, 0.1) is 12.3 Å². The van der Waals surface area contributed by atoms with Crippen molar-refractivity contribution < 1.29 is 5.11 Å². The molecule has 0 fully saturated rings. The zero-order valence-corrected chi connectivity index (χ0v) is 7.07. The molecule has 0 amide bonds. The first-order chi connectivity index (χ1) is 5.83. The minimum Gasteiger partial charge on any atom is -0.395 e. The molecule has 0 aliphatic rings. The van der Waals surface area contributed by atoms with Gasteiger partial charge in [0.25, 0.3) is 0 Å². The molecule has 1 heterocycles. The van der Waals surface area contributed by atoms with Crippen LogP contribution in [-0.4, -0.2) is 27.7 Å². The molecule has 4 heteroatoms. The van der Waals surface area contributed by atoms with Crippen LogP contribution in [0.1, 0.15) is 12.6 Å². The third kappa shape index (κ3) is 2.94. The second-order valence-electron chi connectivity index (χ2n) is 2.67. The Kier molecular flexibility index (Phi) is 3.63. The lowest BCUT2D eigenvalue weighted by molar-refractivity contribution is 0.250. The number of aliphatic hydroxyl groups excluding tert-OH is 1. The second-order valence-corrected chi connectivity index (χ2v) is 2.67. The van der Waals surface area contributed by atoms with E-state index < -0.39 is 0 Å². The molecule has 0 unspecified atom stereocenters. The van der Waals surface area contributed by atoms with Crippen LogP contribution >= 0.6 is 0 Å². The molecule has 2 N–H and O–H groups in total. The first kappa shape index (κ1) is 9.09. The van der Waals surface area contributed by atoms with Crippen molar-refractivity contribution in [1.29, 1.82) is 0 Å². The molecule has 0 saturated heterocycles. The Hall–Kier alpha value is -1.00. The van der Waals surface area contributed by atoms with E-state index in [1.54, 1.807) is 6.20 Å². The highest BCUT2D eigenvalue weighted by molar-refractivity contribution is 4.97. The van der Waals surface area contributed by atoms with Crippen molar-refractivity contribution in [2.75, 3.05) is 6.61 Å². The van der Waals surface area contributed by atoms with E-state index in [1.807, 2.05) is 13.0 Å². The average molecular weight is 167 g/mol. The molecule has 0 radical (unpaired) electrons. The van der Waals surface area contributed by atoms with Gasteiger partial charge in [-0.05, 0) is 13.0 Å². The van der Waals surface area contributed by atoms with Gasteiger partial charge < -0.3 is 10.4 Å². The minimum atomic E-state index is 0.111. The number of aliphatic hydroxyl groups is 1. The second kappa shape index (κ2) is 4.79. The number of hydrogen-bond acceptors (Lipinski definition) is 4. The minimum absolute atomic E-state index is 0.111. The van der Waals surface area contributed by atoms with Crippen LogP contribution in [0.5, 0.6) is 0 Å². The summed E-state index contributed by atoms with van der Waals surface area (Å²) in [4.78, 5) is 7.83. The fourth-order valence-electron chi connectivity index (χ4n) is 0.766. The van der Waals surface area contributed by atoms with E-state index in [4.69, 9.17) is 5.11 Å². The standard InChI is InChI=1S/C8H13N3O/c1-7(5-12)10-4-8-2-3-9-6-11-8/h2-3,6-7,10,12H,4-5H2,1H3/t7-/m1/s1. The van der Waals surface area contributed by atoms with Crippen molar-refractivity contribution in [2.45, 2.75) is 19.5 Å². The van der Waals surface area contributed by atoms with Crippen LogP contribution in [-0.2, 0) is 6.54 Å². The number of nitrogens with zero attached hydrogens (tertiary/aromatic N) is 2. The molecule has 1 aromatic heterocycles. The van der Waals surface area contributed by atoms with Gasteiger partial charge in [-0.2, -0.15) is 0 Å². The van der Waals surface area contributed by atoms with Gasteiger partial charge in [0.1, 0.15) is 6.33 Å². The van der Waals surface area contributed by atoms with Crippen LogP contribution in [0.2, 0.25) is 0 Å². The molecular weight excluding hydrogens is 154 g/mol. The van der Waals surface area contributed by atoms with Gasteiger partial charge in [0.2, 0.25) is 0 Å². The first-order valence-electron chi connectivity index (χ1n) is 3.92. The van der Waals surface area contributed by atoms with Crippen molar-refractivity contribution in [3.63, 3.8) is 0 Å². The van der Waals surface area contributed by atoms with Crippen molar-refractivity contribution in [1.82, 2.24) is 15.3 Å². The monoisotopic (exact) mass is 167 g/mol. The average Bonchev–Trinajstić information content (AvgIpc) is 2.16. The summed E-state index contributed by atoms with van der Waals surface area (Å²) in [6.45, 7) is 2.73. The van der Waals surface area contributed by atoms with Gasteiger partial charge in [-0.1, -0.05) is 0 Å². The van der Waals surface area contributed by atoms with Gasteiger partial charge >= 0.3 is 0 Å². The summed E-state index contributed by atoms with van der Waals surface area (Å²) in [6.07, 6.45) is 3.22. The zero-order chi connectivity index (χ0) is 8.81. The molecule has 4 nitrogen and oxygen atoms in total. The Morgan fingerprint density at radius 2 is 2.50 bits per heavy atom. The van der Waals surface area contributed by atoms with Crippen molar-refractivity contribution in [3.05, 3.63) is 24.3 Å². The van der Waals surface area contributed by atoms with Gasteiger partial charge in [0.15, 0.2) is 0 Å². The fraction of sp³-hybridized carbons (Fsp3) is 0.500. The van der Waals surface area contributed by atoms with E-state index >= 15 is 0 Å². The molecule has 1 atom stereocenters. The maximum Gasteiger partial charge on any atom is 0.115 e. The lowest BCUT2D eigenvalue weighted by Gasteiger charge is -2.08. The maximum absolute atomic E-state index is 8.72. The van der Waals surface area contributed by atoms with Crippen LogP contribution in [0.4, 0.5) is 0 Å². The van der Waals surface area contributed by atoms with Crippen molar-refractivity contribution in [2.24, 2.45) is 0 Å². The Bertz CT molecular complexity index is 215. The molecule has 1 rings (SSSR count). The SMILES string of the molecule is C[C@H](CO)NCc1ccncn1. The van der Waals surface area contributed by atoms with Crippen molar-refractivity contribution >= 4 is 0 Å². The summed E-state index contributed by atoms with van der Waals surface area (Å²) in [7, 11) is 0. The molecular formula is C8H13N3O. The summed E-state index contributed by atoms with van der Waals surface area (Å²) in [5.41, 5.74) is 0.935. The highest BCUT2D eigenvalue weighted by Gasteiger charge is 1.98. The van der Waals surface area contributed by atoms with Crippen LogP contribution in [0.25, 0.3) is 0 Å². The number of aromatic nitrogens is 2. The topological polar surface area (TPSA) is 58.0 Å². The van der Waals surface area contributed by atoms with Gasteiger partial charge in [-0.3, -0.25) is 0 Å². The summed E-state index contributed by atoms with van der Waals surface area (Å²) in [6, 6.07) is 1.96. The van der Waals surface area contributed by atoms with E-state index in [1.165, 1.54) is 6.33 Å². The van der Waals surface area contributed by atoms with Crippen molar-refractivity contribution in [3.8, 4) is 0 Å². The highest BCUT2D eigenvalue weighted by atomic mass is 16.3. The van der Waals surface area contributed by atoms with E-state index in [9.17, 15) is 0 Å². The van der Waals surface area contributed by atoms with Crippen LogP contribution in [0.3, 0.4) is 0 Å². The maximum atomic E-state index is 8.72. The Morgan fingerprint density at radius 3 is 3.08 bits per heavy atom. The Labute approximate surface area is 71.7 Å². The van der Waals surface area contributed by atoms with E-state index in [-0.39, 0.29) is 12.6 Å². The van der Waals surface area contributed by atoms with Gasteiger partial charge in [-0.25, -0.2) is 9.97 Å². The fourth-order valence-corrected chi connectivity index (χ4v) is 0.766. The largest absolute Gasteiger partial charge is 0.395 e. The van der Waals surface area contributed by atoms with E-state index in [0.717, 1.165) is 5.69 Å².